The van der Waals surface area contributed by atoms with Crippen LogP contribution in [0.5, 0.6) is 0 Å². The molecule has 4 rings (SSSR count). The molecule has 0 saturated carbocycles. The maximum absolute atomic E-state index is 14.4. The highest BCUT2D eigenvalue weighted by Gasteiger charge is 2.30. The molecule has 1 fully saturated rings. The van der Waals surface area contributed by atoms with E-state index >= 15 is 0 Å². The third kappa shape index (κ3) is 4.36. The third-order valence-electron chi connectivity index (χ3n) is 5.10. The Labute approximate surface area is 183 Å². The van der Waals surface area contributed by atoms with E-state index in [0.29, 0.717) is 11.4 Å². The van der Waals surface area contributed by atoms with Gasteiger partial charge >= 0.3 is 0 Å². The summed E-state index contributed by atoms with van der Waals surface area (Å²) in [6.07, 6.45) is 0.712. The van der Waals surface area contributed by atoms with Crippen molar-refractivity contribution < 1.29 is 22.3 Å². The van der Waals surface area contributed by atoms with Gasteiger partial charge in [-0.25, -0.2) is 12.8 Å². The smallest absolute Gasteiger partial charge is 0.251 e. The second kappa shape index (κ2) is 8.84. The molecule has 0 aromatic heterocycles. The summed E-state index contributed by atoms with van der Waals surface area (Å²) in [7, 11) is -4.06. The largest absolute Gasteiger partial charge is 0.379 e. The number of fused-ring (bicyclic) bond motifs is 1. The number of ether oxygens (including phenoxy) is 1. The molecule has 1 N–H and O–H groups in total. The fourth-order valence-corrected chi connectivity index (χ4v) is 6.31. The maximum atomic E-state index is 14.4. The van der Waals surface area contributed by atoms with E-state index in [1.165, 1.54) is 10.4 Å². The average molecular weight is 471 g/mol. The lowest BCUT2D eigenvalue weighted by atomic mass is 10.0. The molecule has 0 unspecified atom stereocenters. The monoisotopic (exact) mass is 470 g/mol. The molecule has 1 amide bonds. The van der Waals surface area contributed by atoms with Crippen molar-refractivity contribution in [1.82, 2.24) is 9.62 Å². The minimum absolute atomic E-state index is 0.0880. The number of nitrogens with zero attached hydrogens (tertiary/aromatic N) is 1. The van der Waals surface area contributed by atoms with E-state index in [1.54, 1.807) is 17.8 Å². The lowest BCUT2D eigenvalue weighted by molar-refractivity contribution is 0.0729. The number of morpholine rings is 1. The second-order valence-electron chi connectivity index (χ2n) is 7.01. The molecule has 0 bridgehead atoms. The highest BCUT2D eigenvalue weighted by Crippen LogP contribution is 2.37. The number of hydrogen-bond donors (Lipinski definition) is 1. The predicted molar refractivity (Wildman–Crippen MR) is 113 cm³/mol. The van der Waals surface area contributed by atoms with Gasteiger partial charge in [-0.05, 0) is 48.4 Å². The molecule has 6 nitrogen and oxygen atoms in total. The number of hydrogen-bond acceptors (Lipinski definition) is 5. The molecule has 1 atom stereocenters. The van der Waals surface area contributed by atoms with E-state index in [0.717, 1.165) is 28.3 Å². The first-order valence-electron chi connectivity index (χ1n) is 9.47. The van der Waals surface area contributed by atoms with E-state index in [-0.39, 0.29) is 37.9 Å². The first-order chi connectivity index (χ1) is 14.4. The number of halogens is 2. The van der Waals surface area contributed by atoms with Crippen molar-refractivity contribution in [3.63, 3.8) is 0 Å². The Kier molecular flexibility index (Phi) is 6.36. The summed E-state index contributed by atoms with van der Waals surface area (Å²) < 4.78 is 46.5. The van der Waals surface area contributed by atoms with Crippen LogP contribution in [0, 0.1) is 5.82 Å². The van der Waals surface area contributed by atoms with Crippen molar-refractivity contribution in [1.29, 1.82) is 0 Å². The van der Waals surface area contributed by atoms with Gasteiger partial charge in [-0.2, -0.15) is 4.31 Å². The summed E-state index contributed by atoms with van der Waals surface area (Å²) >= 11 is 7.81. The maximum Gasteiger partial charge on any atom is 0.251 e. The Hall–Kier alpha value is -1.65. The van der Waals surface area contributed by atoms with E-state index < -0.39 is 26.6 Å². The molecule has 160 valence electrons. The van der Waals surface area contributed by atoms with Crippen molar-refractivity contribution in [2.45, 2.75) is 22.3 Å². The van der Waals surface area contributed by atoms with Gasteiger partial charge < -0.3 is 10.1 Å². The van der Waals surface area contributed by atoms with Gasteiger partial charge in [0.2, 0.25) is 10.0 Å². The van der Waals surface area contributed by atoms with Crippen LogP contribution in [0.2, 0.25) is 5.02 Å². The number of carbonyl (C=O) groups excluding carboxylic acids is 1. The normalized spacial score (nSPS) is 19.9. The quantitative estimate of drug-likeness (QED) is 0.740. The van der Waals surface area contributed by atoms with Crippen LogP contribution in [-0.2, 0) is 14.8 Å². The van der Waals surface area contributed by atoms with Gasteiger partial charge in [-0.3, -0.25) is 4.79 Å². The van der Waals surface area contributed by atoms with E-state index in [1.807, 2.05) is 12.1 Å². The Morgan fingerprint density at radius 3 is 2.73 bits per heavy atom. The molecule has 0 aliphatic carbocycles. The molecular weight excluding hydrogens is 451 g/mol. The lowest BCUT2D eigenvalue weighted by Gasteiger charge is -2.27. The second-order valence-corrected chi connectivity index (χ2v) is 10.5. The van der Waals surface area contributed by atoms with Gasteiger partial charge in [-0.1, -0.05) is 11.6 Å². The summed E-state index contributed by atoms with van der Waals surface area (Å²) in [6, 6.07) is 8.71. The molecular formula is C20H20ClFN2O4S2. The zero-order valence-electron chi connectivity index (χ0n) is 15.9. The van der Waals surface area contributed by atoms with Crippen LogP contribution in [-0.4, -0.2) is 50.7 Å². The zero-order chi connectivity index (χ0) is 21.3. The van der Waals surface area contributed by atoms with Crippen LogP contribution in [0.25, 0.3) is 0 Å². The number of thioether (sulfide) groups is 1. The van der Waals surface area contributed by atoms with Crippen molar-refractivity contribution in [3.05, 3.63) is 58.4 Å². The fourth-order valence-electron chi connectivity index (χ4n) is 3.53. The summed E-state index contributed by atoms with van der Waals surface area (Å²) in [4.78, 5) is 13.4. The molecule has 2 heterocycles. The fraction of sp³-hybridized carbons (Fsp3) is 0.350. The summed E-state index contributed by atoms with van der Waals surface area (Å²) in [5.41, 5.74) is 1.01. The van der Waals surface area contributed by atoms with Crippen molar-refractivity contribution in [2.24, 2.45) is 0 Å². The first-order valence-corrected chi connectivity index (χ1v) is 12.3. The lowest BCUT2D eigenvalue weighted by Crippen LogP contribution is -2.41. The zero-order valence-corrected chi connectivity index (χ0v) is 18.3. The highest BCUT2D eigenvalue weighted by molar-refractivity contribution is 7.99. The van der Waals surface area contributed by atoms with Crippen LogP contribution in [0.15, 0.2) is 46.2 Å². The Balaban J connectivity index is 1.59. The van der Waals surface area contributed by atoms with Gasteiger partial charge in [0, 0.05) is 34.3 Å². The van der Waals surface area contributed by atoms with Crippen LogP contribution in [0.1, 0.15) is 28.4 Å². The van der Waals surface area contributed by atoms with Crippen LogP contribution in [0.3, 0.4) is 0 Å². The number of carbonyl (C=O) groups is 1. The van der Waals surface area contributed by atoms with Crippen molar-refractivity contribution in [3.8, 4) is 0 Å². The molecule has 0 radical (unpaired) electrons. The third-order valence-corrected chi connectivity index (χ3v) is 8.37. The van der Waals surface area contributed by atoms with Crippen molar-refractivity contribution in [2.75, 3.05) is 32.1 Å². The summed E-state index contributed by atoms with van der Waals surface area (Å²) in [5.74, 6) is -0.514. The minimum atomic E-state index is -4.06. The van der Waals surface area contributed by atoms with E-state index in [2.05, 4.69) is 5.32 Å². The summed E-state index contributed by atoms with van der Waals surface area (Å²) in [6.45, 7) is 0.802. The Bertz CT molecular complexity index is 1070. The standard InChI is InChI=1S/C20H20ClFN2O4S2/c21-14-2-4-18-15(12-14)17(5-10-29-18)23-20(25)13-1-3-16(22)19(11-13)30(26,27)24-6-8-28-9-7-24/h1-4,11-12,17H,5-10H2,(H,23,25)/t17-/m1/s1. The first kappa shape index (κ1) is 21.6. The number of sulfonamides is 1. The van der Waals surface area contributed by atoms with Gasteiger partial charge in [0.1, 0.15) is 10.7 Å². The number of benzene rings is 2. The number of nitrogens with one attached hydrogen (secondary N) is 1. The SMILES string of the molecule is O=C(N[C@@H]1CCSc2ccc(Cl)cc21)c1ccc(F)c(S(=O)(=O)N2CCOCC2)c1. The Morgan fingerprint density at radius 2 is 1.97 bits per heavy atom. The predicted octanol–water partition coefficient (Wildman–Crippen LogP) is 3.47. The van der Waals surface area contributed by atoms with Crippen LogP contribution < -0.4 is 5.32 Å². The molecule has 30 heavy (non-hydrogen) atoms. The molecule has 2 aromatic carbocycles. The van der Waals surface area contributed by atoms with Gasteiger partial charge in [0.15, 0.2) is 0 Å². The highest BCUT2D eigenvalue weighted by atomic mass is 35.5. The van der Waals surface area contributed by atoms with Gasteiger partial charge in [0.05, 0.1) is 19.3 Å². The average Bonchev–Trinajstić information content (AvgIpc) is 2.75. The van der Waals surface area contributed by atoms with Crippen molar-refractivity contribution >= 4 is 39.3 Å². The molecule has 2 aromatic rings. The van der Waals surface area contributed by atoms with E-state index in [9.17, 15) is 17.6 Å². The molecule has 2 aliphatic rings. The number of rotatable bonds is 4. The minimum Gasteiger partial charge on any atom is -0.379 e. The number of amides is 1. The van der Waals surface area contributed by atoms with Gasteiger partial charge in [-0.15, -0.1) is 11.8 Å². The van der Waals surface area contributed by atoms with Crippen LogP contribution >= 0.6 is 23.4 Å². The molecule has 0 spiro atoms. The van der Waals surface area contributed by atoms with Gasteiger partial charge in [0.25, 0.3) is 5.91 Å². The Morgan fingerprint density at radius 1 is 1.20 bits per heavy atom. The topological polar surface area (TPSA) is 75.7 Å². The summed E-state index contributed by atoms with van der Waals surface area (Å²) in [5, 5.41) is 3.51. The molecule has 10 heteroatoms. The molecule has 2 aliphatic heterocycles. The van der Waals surface area contributed by atoms with E-state index in [4.69, 9.17) is 16.3 Å². The van der Waals surface area contributed by atoms with Crippen LogP contribution in [0.4, 0.5) is 4.39 Å². The molecule has 1 saturated heterocycles.